The van der Waals surface area contributed by atoms with E-state index in [4.69, 9.17) is 4.74 Å². The molecule has 3 heteroatoms. The van der Waals surface area contributed by atoms with Crippen molar-refractivity contribution < 1.29 is 9.53 Å². The molecule has 0 aliphatic carbocycles. The molecule has 0 aromatic carbocycles. The number of carbonyl (C=O) groups excluding carboxylic acids is 1. The summed E-state index contributed by atoms with van der Waals surface area (Å²) in [5, 5.41) is 0. The predicted molar refractivity (Wildman–Crippen MR) is 92.2 cm³/mol. The smallest absolute Gasteiger partial charge is 0.354 e. The molecule has 0 spiro atoms. The molecule has 0 fully saturated rings. The third-order valence-corrected chi connectivity index (χ3v) is 3.95. The van der Waals surface area contributed by atoms with Gasteiger partial charge in [-0.1, -0.05) is 64.0 Å². The Labute approximate surface area is 135 Å². The normalized spacial score (nSPS) is 11.2. The van der Waals surface area contributed by atoms with E-state index in [1.165, 1.54) is 58.5 Å². The second kappa shape index (κ2) is 12.1. The van der Waals surface area contributed by atoms with E-state index in [-0.39, 0.29) is 5.97 Å². The maximum Gasteiger partial charge on any atom is 0.354 e. The van der Waals surface area contributed by atoms with Crippen LogP contribution in [-0.2, 0) is 11.2 Å². The van der Waals surface area contributed by atoms with Crippen LogP contribution < -0.4 is 0 Å². The number of H-pyrrole nitrogens is 1. The van der Waals surface area contributed by atoms with Gasteiger partial charge in [0.2, 0.25) is 0 Å². The fraction of sp³-hybridized carbons (Fsp3) is 0.632. The molecule has 3 nitrogen and oxygen atoms in total. The van der Waals surface area contributed by atoms with Gasteiger partial charge in [-0.05, 0) is 30.9 Å². The van der Waals surface area contributed by atoms with Crippen LogP contribution >= 0.6 is 0 Å². The molecule has 0 saturated carbocycles. The van der Waals surface area contributed by atoms with Gasteiger partial charge in [0.1, 0.15) is 5.69 Å². The second-order valence-corrected chi connectivity index (χ2v) is 5.81. The Morgan fingerprint density at radius 2 is 1.77 bits per heavy atom. The van der Waals surface area contributed by atoms with Gasteiger partial charge in [-0.15, -0.1) is 0 Å². The highest BCUT2D eigenvalue weighted by Gasteiger charge is 2.11. The maximum absolute atomic E-state index is 11.5. The number of hydrogen-bond donors (Lipinski definition) is 1. The van der Waals surface area contributed by atoms with E-state index in [1.54, 1.807) is 6.20 Å². The molecule has 124 valence electrons. The Morgan fingerprint density at radius 3 is 2.45 bits per heavy atom. The molecule has 1 heterocycles. The number of aromatic amines is 1. The van der Waals surface area contributed by atoms with E-state index < -0.39 is 0 Å². The molecule has 1 N–H and O–H groups in total. The second-order valence-electron chi connectivity index (χ2n) is 5.81. The Balaban J connectivity index is 2.07. The van der Waals surface area contributed by atoms with Crippen LogP contribution in [0.25, 0.3) is 0 Å². The summed E-state index contributed by atoms with van der Waals surface area (Å²) in [6.07, 6.45) is 18.9. The van der Waals surface area contributed by atoms with E-state index in [0.717, 1.165) is 18.4 Å². The Kier molecular flexibility index (Phi) is 10.2. The minimum absolute atomic E-state index is 0.295. The first kappa shape index (κ1) is 18.5. The lowest BCUT2D eigenvalue weighted by atomic mass is 10.1. The van der Waals surface area contributed by atoms with Gasteiger partial charge >= 0.3 is 5.97 Å². The van der Waals surface area contributed by atoms with Crippen molar-refractivity contribution in [2.75, 3.05) is 7.11 Å². The lowest BCUT2D eigenvalue weighted by molar-refractivity contribution is 0.0593. The van der Waals surface area contributed by atoms with Crippen molar-refractivity contribution in [3.63, 3.8) is 0 Å². The van der Waals surface area contributed by atoms with Crippen molar-refractivity contribution in [1.29, 1.82) is 0 Å². The maximum atomic E-state index is 11.5. The first-order valence-electron chi connectivity index (χ1n) is 8.69. The van der Waals surface area contributed by atoms with Crippen LogP contribution in [0.4, 0.5) is 0 Å². The summed E-state index contributed by atoms with van der Waals surface area (Å²) in [6, 6.07) is 1.94. The number of esters is 1. The average molecular weight is 305 g/mol. The summed E-state index contributed by atoms with van der Waals surface area (Å²) < 4.78 is 4.75. The van der Waals surface area contributed by atoms with Gasteiger partial charge in [0.25, 0.3) is 0 Å². The molecule has 0 saturated heterocycles. The topological polar surface area (TPSA) is 42.1 Å². The predicted octanol–water partition coefficient (Wildman–Crippen LogP) is 5.43. The van der Waals surface area contributed by atoms with Gasteiger partial charge < -0.3 is 9.72 Å². The van der Waals surface area contributed by atoms with Crippen molar-refractivity contribution >= 4 is 5.97 Å². The lowest BCUT2D eigenvalue weighted by Gasteiger charge is -2.00. The molecule has 0 aliphatic rings. The highest BCUT2D eigenvalue weighted by Crippen LogP contribution is 2.11. The molecular weight excluding hydrogens is 274 g/mol. The molecule has 0 atom stereocenters. The molecule has 22 heavy (non-hydrogen) atoms. The van der Waals surface area contributed by atoms with Crippen LogP contribution in [0, 0.1) is 0 Å². The monoisotopic (exact) mass is 305 g/mol. The molecular formula is C19H31NO2. The van der Waals surface area contributed by atoms with Crippen molar-refractivity contribution in [3.05, 3.63) is 35.7 Å². The standard InChI is InChI=1S/C19H31NO2/c1-3-4-5-6-7-8-9-10-11-12-13-14-17-15-16-20-18(17)19(21)22-2/h12-13,15-16,20H,3-11,14H2,1-2H3. The summed E-state index contributed by atoms with van der Waals surface area (Å²) in [5.41, 5.74) is 1.57. The average Bonchev–Trinajstić information content (AvgIpc) is 3.00. The zero-order chi connectivity index (χ0) is 16.0. The van der Waals surface area contributed by atoms with E-state index in [2.05, 4.69) is 24.1 Å². The van der Waals surface area contributed by atoms with Crippen LogP contribution in [0.5, 0.6) is 0 Å². The Bertz CT molecular complexity index is 434. The third-order valence-electron chi connectivity index (χ3n) is 3.95. The van der Waals surface area contributed by atoms with Crippen LogP contribution in [0.15, 0.2) is 24.4 Å². The molecule has 0 aliphatic heterocycles. The van der Waals surface area contributed by atoms with E-state index in [1.807, 2.05) is 6.07 Å². The van der Waals surface area contributed by atoms with Crippen molar-refractivity contribution in [3.8, 4) is 0 Å². The van der Waals surface area contributed by atoms with Crippen LogP contribution in [-0.4, -0.2) is 18.1 Å². The fourth-order valence-electron chi connectivity index (χ4n) is 2.59. The molecule has 0 bridgehead atoms. The third kappa shape index (κ3) is 7.48. The number of unbranched alkanes of at least 4 members (excludes halogenated alkanes) is 8. The van der Waals surface area contributed by atoms with Gasteiger partial charge in [-0.2, -0.15) is 0 Å². The molecule has 1 aromatic rings. The lowest BCUT2D eigenvalue weighted by Crippen LogP contribution is -2.04. The van der Waals surface area contributed by atoms with Crippen LogP contribution in [0.2, 0.25) is 0 Å². The zero-order valence-corrected chi connectivity index (χ0v) is 14.2. The summed E-state index contributed by atoms with van der Waals surface area (Å²) >= 11 is 0. The van der Waals surface area contributed by atoms with Gasteiger partial charge in [0.15, 0.2) is 0 Å². The van der Waals surface area contributed by atoms with Gasteiger partial charge in [-0.25, -0.2) is 4.79 Å². The first-order valence-corrected chi connectivity index (χ1v) is 8.69. The molecule has 1 rings (SSSR count). The molecule has 0 amide bonds. The number of hydrogen-bond acceptors (Lipinski definition) is 2. The van der Waals surface area contributed by atoms with E-state index >= 15 is 0 Å². The van der Waals surface area contributed by atoms with Gasteiger partial charge in [-0.3, -0.25) is 0 Å². The van der Waals surface area contributed by atoms with E-state index in [0.29, 0.717) is 5.69 Å². The summed E-state index contributed by atoms with van der Waals surface area (Å²) in [5.74, 6) is -0.295. The fourth-order valence-corrected chi connectivity index (χ4v) is 2.59. The molecule has 0 radical (unpaired) electrons. The minimum Gasteiger partial charge on any atom is -0.464 e. The molecule has 1 aromatic heterocycles. The number of allylic oxidation sites excluding steroid dienone is 2. The Morgan fingerprint density at radius 1 is 1.09 bits per heavy atom. The number of methoxy groups -OCH3 is 1. The van der Waals surface area contributed by atoms with Gasteiger partial charge in [0, 0.05) is 6.20 Å². The first-order chi connectivity index (χ1) is 10.8. The number of rotatable bonds is 12. The Hall–Kier alpha value is -1.51. The van der Waals surface area contributed by atoms with E-state index in [9.17, 15) is 4.79 Å². The van der Waals surface area contributed by atoms with Crippen LogP contribution in [0.3, 0.4) is 0 Å². The largest absolute Gasteiger partial charge is 0.464 e. The quantitative estimate of drug-likeness (QED) is 0.318. The van der Waals surface area contributed by atoms with Crippen LogP contribution in [0.1, 0.15) is 80.8 Å². The number of nitrogens with one attached hydrogen (secondary N) is 1. The van der Waals surface area contributed by atoms with Crippen molar-refractivity contribution in [2.24, 2.45) is 0 Å². The summed E-state index contributed by atoms with van der Waals surface area (Å²) in [7, 11) is 1.41. The zero-order valence-electron chi connectivity index (χ0n) is 14.2. The van der Waals surface area contributed by atoms with Crippen molar-refractivity contribution in [2.45, 2.75) is 71.1 Å². The summed E-state index contributed by atoms with van der Waals surface area (Å²) in [4.78, 5) is 14.5. The van der Waals surface area contributed by atoms with Gasteiger partial charge in [0.05, 0.1) is 7.11 Å². The highest BCUT2D eigenvalue weighted by molar-refractivity contribution is 5.89. The molecule has 0 unspecified atom stereocenters. The number of aromatic nitrogens is 1. The van der Waals surface area contributed by atoms with Crippen molar-refractivity contribution in [1.82, 2.24) is 4.98 Å². The number of ether oxygens (including phenoxy) is 1. The number of carbonyl (C=O) groups is 1. The minimum atomic E-state index is -0.295. The summed E-state index contributed by atoms with van der Waals surface area (Å²) in [6.45, 7) is 2.26. The highest BCUT2D eigenvalue weighted by atomic mass is 16.5. The SMILES string of the molecule is CCCCCCCCCCC=CCc1cc[nH]c1C(=O)OC.